The van der Waals surface area contributed by atoms with Crippen molar-refractivity contribution in [1.29, 1.82) is 0 Å². The smallest absolute Gasteiger partial charge is 0.371 e. The minimum Gasteiger partial charge on any atom is -0.371 e. The first-order chi connectivity index (χ1) is 20.0. The number of rotatable bonds is 13. The van der Waals surface area contributed by atoms with Crippen molar-refractivity contribution in [3.05, 3.63) is 75.3 Å². The average molecular weight is 617 g/mol. The highest BCUT2D eigenvalue weighted by molar-refractivity contribution is 5.78. The fourth-order valence-corrected chi connectivity index (χ4v) is 4.34. The van der Waals surface area contributed by atoms with E-state index in [1.807, 2.05) is 13.8 Å². The summed E-state index contributed by atoms with van der Waals surface area (Å²) in [4.78, 5) is 43.0. The van der Waals surface area contributed by atoms with E-state index in [2.05, 4.69) is 5.32 Å². The van der Waals surface area contributed by atoms with Crippen LogP contribution >= 0.6 is 0 Å². The highest BCUT2D eigenvalue weighted by atomic mass is 19.4. The van der Waals surface area contributed by atoms with E-state index >= 15 is 0 Å². The van der Waals surface area contributed by atoms with Crippen molar-refractivity contribution in [3.8, 4) is 0 Å². The van der Waals surface area contributed by atoms with Crippen molar-refractivity contribution in [2.24, 2.45) is 0 Å². The number of alkyl halides is 3. The Bertz CT molecular complexity index is 1310. The fourth-order valence-electron chi connectivity index (χ4n) is 4.34. The molecule has 2 aromatic rings. The van der Waals surface area contributed by atoms with Gasteiger partial charge in [-0.25, -0.2) is 0 Å². The second kappa shape index (κ2) is 15.6. The molecule has 0 fully saturated rings. The van der Waals surface area contributed by atoms with Crippen LogP contribution in [0.5, 0.6) is 0 Å². The van der Waals surface area contributed by atoms with E-state index in [0.29, 0.717) is 36.1 Å². The molecule has 0 aliphatic heterocycles. The van der Waals surface area contributed by atoms with Crippen molar-refractivity contribution in [2.45, 2.75) is 79.4 Å². The summed E-state index contributed by atoms with van der Waals surface area (Å²) < 4.78 is 38.5. The number of aryl methyl sites for hydroxylation is 1. The number of halogens is 3. The maximum atomic E-state index is 12.8. The Hall–Kier alpha value is -4.57. The van der Waals surface area contributed by atoms with Crippen molar-refractivity contribution in [3.63, 3.8) is 0 Å². The number of nitro groups is 4. The number of nitro benzene ring substituents is 4. The van der Waals surface area contributed by atoms with Gasteiger partial charge in [0.2, 0.25) is 0 Å². The molecule has 238 valence electrons. The van der Waals surface area contributed by atoms with E-state index < -0.39 is 42.8 Å². The predicted molar refractivity (Wildman–Crippen MR) is 155 cm³/mol. The number of nitrogens with zero attached hydrogens (tertiary/aromatic N) is 5. The lowest BCUT2D eigenvalue weighted by molar-refractivity contribution is -0.393. The van der Waals surface area contributed by atoms with Crippen LogP contribution in [-0.2, 0) is 6.18 Å². The van der Waals surface area contributed by atoms with Gasteiger partial charge in [0.25, 0.3) is 17.1 Å². The number of benzene rings is 2. The standard InChI is InChI=1S/C13H16F3N3O4.C13H19N3O4/c1-3-5-17(6-4-2)12-10(18(20)21)7-9(13(14,15)16)8-11(12)19(22)23;1-5-10(6-2)14-12-11(15(17)18)7-8(3)9(4)13(12)16(19)20/h7-8H,3-6H2,1-2H3;7,10,14H,5-6H2,1-4H3. The Morgan fingerprint density at radius 1 is 0.767 bits per heavy atom. The van der Waals surface area contributed by atoms with Crippen molar-refractivity contribution in [2.75, 3.05) is 23.3 Å². The first-order valence-electron chi connectivity index (χ1n) is 13.4. The monoisotopic (exact) mass is 616 g/mol. The van der Waals surface area contributed by atoms with Gasteiger partial charge in [0.05, 0.1) is 25.3 Å². The van der Waals surface area contributed by atoms with Crippen LogP contribution in [0.2, 0.25) is 0 Å². The third-order valence-electron chi connectivity index (χ3n) is 6.60. The van der Waals surface area contributed by atoms with Crippen LogP contribution in [0.1, 0.15) is 70.1 Å². The average Bonchev–Trinajstić information content (AvgIpc) is 2.91. The Kier molecular flexibility index (Phi) is 13.2. The second-order valence-electron chi connectivity index (χ2n) is 9.60. The topological polar surface area (TPSA) is 188 Å². The van der Waals surface area contributed by atoms with Gasteiger partial charge < -0.3 is 10.2 Å². The summed E-state index contributed by atoms with van der Waals surface area (Å²) in [5.41, 5.74) is -3.05. The molecular weight excluding hydrogens is 581 g/mol. The SMILES string of the molecule is CCC(CC)Nc1c([N+](=O)[O-])cc(C)c(C)c1[N+](=O)[O-].CCCN(CCC)c1c([N+](=O)[O-])cc(C(F)(F)F)cc1[N+](=O)[O-]. The molecule has 1 N–H and O–H groups in total. The number of hydrogen-bond acceptors (Lipinski definition) is 10. The lowest BCUT2D eigenvalue weighted by Gasteiger charge is -2.23. The lowest BCUT2D eigenvalue weighted by atomic mass is 10.0. The van der Waals surface area contributed by atoms with Crippen LogP contribution in [0.25, 0.3) is 0 Å². The van der Waals surface area contributed by atoms with E-state index in [0.717, 1.165) is 12.8 Å². The molecule has 0 bridgehead atoms. The van der Waals surface area contributed by atoms with Gasteiger partial charge in [-0.2, -0.15) is 13.2 Å². The highest BCUT2D eigenvalue weighted by Gasteiger charge is 2.39. The zero-order chi connectivity index (χ0) is 33.2. The van der Waals surface area contributed by atoms with Crippen LogP contribution < -0.4 is 10.2 Å². The summed E-state index contributed by atoms with van der Waals surface area (Å²) in [6.07, 6.45) is -2.37. The Balaban J connectivity index is 0.000000434. The summed E-state index contributed by atoms with van der Waals surface area (Å²) in [5, 5.41) is 47.8. The van der Waals surface area contributed by atoms with Gasteiger partial charge in [-0.1, -0.05) is 27.7 Å². The first kappa shape index (κ1) is 36.5. The molecule has 2 aromatic carbocycles. The predicted octanol–water partition coefficient (Wildman–Crippen LogP) is 7.87. The number of nitrogens with one attached hydrogen (secondary N) is 1. The largest absolute Gasteiger partial charge is 0.416 e. The molecule has 0 atom stereocenters. The lowest BCUT2D eigenvalue weighted by Crippen LogP contribution is -2.27. The molecule has 0 amide bonds. The third-order valence-corrected chi connectivity index (χ3v) is 6.60. The number of hydrogen-bond donors (Lipinski definition) is 1. The van der Waals surface area contributed by atoms with E-state index in [1.165, 1.54) is 11.0 Å². The normalized spacial score (nSPS) is 11.0. The fraction of sp³-hybridized carbons (Fsp3) is 0.538. The minimum atomic E-state index is -4.91. The van der Waals surface area contributed by atoms with E-state index in [9.17, 15) is 53.6 Å². The summed E-state index contributed by atoms with van der Waals surface area (Å²) in [5.74, 6) is 0. The molecule has 0 aliphatic rings. The Morgan fingerprint density at radius 2 is 1.21 bits per heavy atom. The molecule has 0 unspecified atom stereocenters. The van der Waals surface area contributed by atoms with E-state index in [4.69, 9.17) is 0 Å². The van der Waals surface area contributed by atoms with Crippen LogP contribution in [0.4, 0.5) is 47.3 Å². The summed E-state index contributed by atoms with van der Waals surface area (Å²) in [6.45, 7) is 11.2. The van der Waals surface area contributed by atoms with Crippen LogP contribution in [0.3, 0.4) is 0 Å². The highest BCUT2D eigenvalue weighted by Crippen LogP contribution is 2.43. The second-order valence-corrected chi connectivity index (χ2v) is 9.60. The Morgan fingerprint density at radius 3 is 1.53 bits per heavy atom. The van der Waals surface area contributed by atoms with Crippen LogP contribution in [0.15, 0.2) is 18.2 Å². The van der Waals surface area contributed by atoms with Gasteiger partial charge in [0, 0.05) is 42.9 Å². The van der Waals surface area contributed by atoms with Gasteiger partial charge in [0.1, 0.15) is 0 Å². The van der Waals surface area contributed by atoms with Gasteiger partial charge in [0.15, 0.2) is 11.4 Å². The summed E-state index contributed by atoms with van der Waals surface area (Å²) in [6, 6.07) is 2.04. The van der Waals surface area contributed by atoms with Crippen molar-refractivity contribution in [1.82, 2.24) is 0 Å². The molecular formula is C26H35F3N6O8. The minimum absolute atomic E-state index is 0.0109. The third kappa shape index (κ3) is 9.21. The molecule has 0 radical (unpaired) electrons. The van der Waals surface area contributed by atoms with E-state index in [1.54, 1.807) is 27.7 Å². The van der Waals surface area contributed by atoms with Crippen molar-refractivity contribution >= 4 is 34.1 Å². The Labute approximate surface area is 245 Å². The van der Waals surface area contributed by atoms with Gasteiger partial charge in [-0.15, -0.1) is 0 Å². The summed E-state index contributed by atoms with van der Waals surface area (Å²) in [7, 11) is 0. The van der Waals surface area contributed by atoms with E-state index in [-0.39, 0.29) is 41.9 Å². The first-order valence-corrected chi connectivity index (χ1v) is 13.4. The molecule has 0 aromatic heterocycles. The zero-order valence-electron chi connectivity index (χ0n) is 24.7. The molecule has 14 nitrogen and oxygen atoms in total. The molecule has 0 saturated heterocycles. The molecule has 0 spiro atoms. The molecule has 0 heterocycles. The molecule has 0 saturated carbocycles. The van der Waals surface area contributed by atoms with Gasteiger partial charge in [-0.3, -0.25) is 40.5 Å². The molecule has 0 aliphatic carbocycles. The van der Waals surface area contributed by atoms with Crippen molar-refractivity contribution < 1.29 is 32.9 Å². The maximum Gasteiger partial charge on any atom is 0.416 e. The molecule has 2 rings (SSSR count). The zero-order valence-corrected chi connectivity index (χ0v) is 24.7. The van der Waals surface area contributed by atoms with Crippen LogP contribution in [-0.4, -0.2) is 38.8 Å². The van der Waals surface area contributed by atoms with Crippen LogP contribution in [0, 0.1) is 54.3 Å². The van der Waals surface area contributed by atoms with Gasteiger partial charge >= 0.3 is 11.9 Å². The number of anilines is 2. The van der Waals surface area contributed by atoms with Gasteiger partial charge in [-0.05, 0) is 45.1 Å². The quantitative estimate of drug-likeness (QED) is 0.171. The maximum absolute atomic E-state index is 12.8. The molecule has 17 heteroatoms. The summed E-state index contributed by atoms with van der Waals surface area (Å²) >= 11 is 0. The molecule has 43 heavy (non-hydrogen) atoms.